The SMILES string of the molecule is CCCN1CCC(OC2=C/C(=C(/N)Nc3ccc(F)c(Cl)c3)C(=N)C=C2OC)CC1. The van der Waals surface area contributed by atoms with Gasteiger partial charge in [-0.2, -0.15) is 0 Å². The Kier molecular flexibility index (Phi) is 7.39. The minimum Gasteiger partial charge on any atom is -0.493 e. The van der Waals surface area contributed by atoms with E-state index in [0.29, 0.717) is 22.8 Å². The zero-order valence-electron chi connectivity index (χ0n) is 17.3. The first-order chi connectivity index (χ1) is 14.4. The first-order valence-electron chi connectivity index (χ1n) is 10.1. The zero-order valence-corrected chi connectivity index (χ0v) is 18.1. The second-order valence-corrected chi connectivity index (χ2v) is 7.78. The standard InChI is InChI=1S/C22H28ClFN4O2/c1-3-8-28-9-6-15(7-10-28)30-21-12-16(19(25)13-20(21)29-2)22(26)27-14-4-5-18(24)17(23)11-14/h4-5,11-13,15,25,27H,3,6-10,26H2,1-2H3/b22-16+,25-19?. The minimum atomic E-state index is -0.507. The average molecular weight is 435 g/mol. The van der Waals surface area contributed by atoms with Gasteiger partial charge in [-0.15, -0.1) is 0 Å². The summed E-state index contributed by atoms with van der Waals surface area (Å²) in [5, 5.41) is 11.3. The summed E-state index contributed by atoms with van der Waals surface area (Å²) in [5.74, 6) is 0.789. The van der Waals surface area contributed by atoms with Gasteiger partial charge in [0.25, 0.3) is 0 Å². The number of benzene rings is 1. The van der Waals surface area contributed by atoms with Crippen LogP contribution in [0.4, 0.5) is 10.1 Å². The van der Waals surface area contributed by atoms with E-state index in [0.717, 1.165) is 38.9 Å². The Bertz CT molecular complexity index is 889. The van der Waals surface area contributed by atoms with E-state index in [4.69, 9.17) is 32.2 Å². The number of nitrogens with one attached hydrogen (secondary N) is 2. The van der Waals surface area contributed by atoms with Crippen LogP contribution in [0.2, 0.25) is 5.02 Å². The molecule has 1 aromatic carbocycles. The molecule has 162 valence electrons. The molecule has 0 saturated carbocycles. The van der Waals surface area contributed by atoms with Gasteiger partial charge >= 0.3 is 0 Å². The smallest absolute Gasteiger partial charge is 0.162 e. The first kappa shape index (κ1) is 22.2. The Morgan fingerprint density at radius 3 is 2.67 bits per heavy atom. The predicted octanol–water partition coefficient (Wildman–Crippen LogP) is 4.40. The van der Waals surface area contributed by atoms with Crippen molar-refractivity contribution < 1.29 is 13.9 Å². The molecule has 3 rings (SSSR count). The number of ether oxygens (including phenoxy) is 2. The van der Waals surface area contributed by atoms with Gasteiger partial charge in [-0.25, -0.2) is 4.39 Å². The monoisotopic (exact) mass is 434 g/mol. The molecule has 0 unspecified atom stereocenters. The molecule has 8 heteroatoms. The number of allylic oxidation sites excluding steroid dienone is 3. The summed E-state index contributed by atoms with van der Waals surface area (Å²) in [6.45, 7) is 5.31. The van der Waals surface area contributed by atoms with Crippen LogP contribution in [0.5, 0.6) is 0 Å². The normalized spacial score (nSPS) is 19.8. The Balaban J connectivity index is 1.77. The van der Waals surface area contributed by atoms with E-state index in [9.17, 15) is 4.39 Å². The molecule has 6 nitrogen and oxygen atoms in total. The Morgan fingerprint density at radius 1 is 1.30 bits per heavy atom. The topological polar surface area (TPSA) is 83.6 Å². The molecule has 0 bridgehead atoms. The fraction of sp³-hybridized carbons (Fsp3) is 0.409. The molecule has 1 heterocycles. The van der Waals surface area contributed by atoms with Gasteiger partial charge in [0.05, 0.1) is 17.8 Å². The highest BCUT2D eigenvalue weighted by molar-refractivity contribution is 6.31. The van der Waals surface area contributed by atoms with Crippen molar-refractivity contribution in [2.75, 3.05) is 32.1 Å². The average Bonchev–Trinajstić information content (AvgIpc) is 2.73. The van der Waals surface area contributed by atoms with Crippen molar-refractivity contribution in [1.82, 2.24) is 4.90 Å². The number of piperidine rings is 1. The highest BCUT2D eigenvalue weighted by Crippen LogP contribution is 2.28. The lowest BCUT2D eigenvalue weighted by Crippen LogP contribution is -2.37. The van der Waals surface area contributed by atoms with E-state index in [1.807, 2.05) is 0 Å². The number of likely N-dealkylation sites (tertiary alicyclic amines) is 1. The van der Waals surface area contributed by atoms with E-state index in [-0.39, 0.29) is 22.7 Å². The van der Waals surface area contributed by atoms with E-state index >= 15 is 0 Å². The number of nitrogens with zero attached hydrogens (tertiary/aromatic N) is 1. The van der Waals surface area contributed by atoms with Crippen LogP contribution in [0.3, 0.4) is 0 Å². The van der Waals surface area contributed by atoms with Gasteiger partial charge in [-0.1, -0.05) is 18.5 Å². The van der Waals surface area contributed by atoms with Crippen molar-refractivity contribution in [2.24, 2.45) is 5.73 Å². The van der Waals surface area contributed by atoms with Crippen molar-refractivity contribution in [3.8, 4) is 0 Å². The molecule has 1 saturated heterocycles. The molecule has 1 aliphatic heterocycles. The van der Waals surface area contributed by atoms with Crippen LogP contribution in [0, 0.1) is 11.2 Å². The lowest BCUT2D eigenvalue weighted by molar-refractivity contribution is 0.0440. The number of rotatable bonds is 7. The van der Waals surface area contributed by atoms with Crippen molar-refractivity contribution in [2.45, 2.75) is 32.3 Å². The zero-order chi connectivity index (χ0) is 21.7. The number of anilines is 1. The maximum Gasteiger partial charge on any atom is 0.162 e. The number of halogens is 2. The maximum absolute atomic E-state index is 13.4. The third kappa shape index (κ3) is 5.34. The van der Waals surface area contributed by atoms with E-state index in [1.54, 1.807) is 19.3 Å². The molecule has 0 amide bonds. The highest BCUT2D eigenvalue weighted by atomic mass is 35.5. The van der Waals surface area contributed by atoms with Gasteiger partial charge < -0.3 is 25.4 Å². The largest absolute Gasteiger partial charge is 0.493 e. The highest BCUT2D eigenvalue weighted by Gasteiger charge is 2.25. The lowest BCUT2D eigenvalue weighted by Gasteiger charge is -2.33. The van der Waals surface area contributed by atoms with Crippen molar-refractivity contribution in [1.29, 1.82) is 5.41 Å². The van der Waals surface area contributed by atoms with Crippen LogP contribution >= 0.6 is 11.6 Å². The quantitative estimate of drug-likeness (QED) is 0.592. The third-order valence-corrected chi connectivity index (χ3v) is 5.45. The summed E-state index contributed by atoms with van der Waals surface area (Å²) in [5.41, 5.74) is 7.39. The fourth-order valence-corrected chi connectivity index (χ4v) is 3.76. The molecule has 0 aromatic heterocycles. The summed E-state index contributed by atoms with van der Waals surface area (Å²) in [6.07, 6.45) is 6.41. The second-order valence-electron chi connectivity index (χ2n) is 7.38. The Morgan fingerprint density at radius 2 is 2.03 bits per heavy atom. The van der Waals surface area contributed by atoms with Crippen molar-refractivity contribution in [3.63, 3.8) is 0 Å². The van der Waals surface area contributed by atoms with Gasteiger partial charge in [-0.3, -0.25) is 5.41 Å². The first-order valence-corrected chi connectivity index (χ1v) is 10.5. The minimum absolute atomic E-state index is 0.00735. The molecule has 1 aromatic rings. The summed E-state index contributed by atoms with van der Waals surface area (Å²) < 4.78 is 25.0. The van der Waals surface area contributed by atoms with Crippen LogP contribution in [-0.2, 0) is 9.47 Å². The Hall–Kier alpha value is -2.51. The number of methoxy groups -OCH3 is 1. The van der Waals surface area contributed by atoms with Crippen LogP contribution < -0.4 is 11.1 Å². The summed E-state index contributed by atoms with van der Waals surface area (Å²) >= 11 is 5.84. The molecule has 4 N–H and O–H groups in total. The summed E-state index contributed by atoms with van der Waals surface area (Å²) in [4.78, 5) is 2.44. The predicted molar refractivity (Wildman–Crippen MR) is 118 cm³/mol. The van der Waals surface area contributed by atoms with Crippen LogP contribution in [0.25, 0.3) is 0 Å². The van der Waals surface area contributed by atoms with Gasteiger partial charge in [0.1, 0.15) is 17.7 Å². The molecule has 1 aliphatic carbocycles. The molecule has 1 fully saturated rings. The van der Waals surface area contributed by atoms with Crippen LogP contribution in [-0.4, -0.2) is 43.5 Å². The summed E-state index contributed by atoms with van der Waals surface area (Å²) in [7, 11) is 1.55. The van der Waals surface area contributed by atoms with E-state index in [2.05, 4.69) is 17.1 Å². The molecule has 2 aliphatic rings. The Labute approximate surface area is 181 Å². The molecule has 0 radical (unpaired) electrons. The molecule has 0 spiro atoms. The fourth-order valence-electron chi connectivity index (χ4n) is 3.58. The number of hydrogen-bond donors (Lipinski definition) is 3. The third-order valence-electron chi connectivity index (χ3n) is 5.16. The molecular weight excluding hydrogens is 407 g/mol. The van der Waals surface area contributed by atoms with Gasteiger partial charge in [0.2, 0.25) is 0 Å². The van der Waals surface area contributed by atoms with Gasteiger partial charge in [0, 0.05) is 30.4 Å². The number of nitrogens with two attached hydrogens (primary N) is 1. The molecule has 30 heavy (non-hydrogen) atoms. The van der Waals surface area contributed by atoms with E-state index < -0.39 is 5.82 Å². The molecule has 0 atom stereocenters. The van der Waals surface area contributed by atoms with Crippen molar-refractivity contribution in [3.05, 3.63) is 64.1 Å². The maximum atomic E-state index is 13.4. The van der Waals surface area contributed by atoms with Crippen LogP contribution in [0.15, 0.2) is 53.3 Å². The van der Waals surface area contributed by atoms with Gasteiger partial charge in [-0.05, 0) is 50.1 Å². The second kappa shape index (κ2) is 10.00. The van der Waals surface area contributed by atoms with Crippen molar-refractivity contribution >= 4 is 23.0 Å². The van der Waals surface area contributed by atoms with E-state index in [1.165, 1.54) is 18.2 Å². The van der Waals surface area contributed by atoms with Gasteiger partial charge in [0.15, 0.2) is 11.5 Å². The van der Waals surface area contributed by atoms with Crippen LogP contribution in [0.1, 0.15) is 26.2 Å². The lowest BCUT2D eigenvalue weighted by atomic mass is 10.0. The number of hydrogen-bond acceptors (Lipinski definition) is 6. The molecular formula is C22H28ClFN4O2. The summed E-state index contributed by atoms with van der Waals surface area (Å²) in [6, 6.07) is 4.23.